The molecule has 3 aromatic rings. The Labute approximate surface area is 174 Å². The molecule has 28 heavy (non-hydrogen) atoms. The van der Waals surface area contributed by atoms with Crippen LogP contribution in [0, 0.1) is 0 Å². The molecule has 148 valence electrons. The number of thiazole rings is 1. The summed E-state index contributed by atoms with van der Waals surface area (Å²) in [6.45, 7) is 4.42. The molecule has 1 heterocycles. The van der Waals surface area contributed by atoms with Crippen LogP contribution in [0.15, 0.2) is 63.8 Å². The SMILES string of the molecule is CCN(CC)S(=O)(=O)c1cc(-c2cs/c(=N/c3ccccc3)n2C)ccc1Cl. The number of halogens is 1. The highest BCUT2D eigenvalue weighted by atomic mass is 35.5. The molecule has 0 aliphatic heterocycles. The number of para-hydroxylation sites is 1. The molecule has 0 unspecified atom stereocenters. The lowest BCUT2D eigenvalue weighted by molar-refractivity contribution is 0.445. The lowest BCUT2D eigenvalue weighted by Crippen LogP contribution is -2.30. The Hall–Kier alpha value is -1.93. The van der Waals surface area contributed by atoms with Crippen molar-refractivity contribution in [1.29, 1.82) is 0 Å². The summed E-state index contributed by atoms with van der Waals surface area (Å²) >= 11 is 7.75. The van der Waals surface area contributed by atoms with E-state index in [1.165, 1.54) is 15.6 Å². The highest BCUT2D eigenvalue weighted by Crippen LogP contribution is 2.30. The predicted molar refractivity (Wildman–Crippen MR) is 116 cm³/mol. The highest BCUT2D eigenvalue weighted by molar-refractivity contribution is 7.89. The van der Waals surface area contributed by atoms with Crippen molar-refractivity contribution in [1.82, 2.24) is 8.87 Å². The Kier molecular flexibility index (Phi) is 6.40. The molecule has 0 N–H and O–H groups in total. The lowest BCUT2D eigenvalue weighted by atomic mass is 10.2. The van der Waals surface area contributed by atoms with Gasteiger partial charge >= 0.3 is 0 Å². The zero-order valence-corrected chi connectivity index (χ0v) is 18.4. The second-order valence-corrected chi connectivity index (χ2v) is 9.29. The minimum atomic E-state index is -3.64. The maximum absolute atomic E-state index is 12.9. The van der Waals surface area contributed by atoms with Crippen molar-refractivity contribution >= 4 is 38.6 Å². The molecule has 0 saturated heterocycles. The number of hydrogen-bond donors (Lipinski definition) is 0. The molecule has 0 aliphatic carbocycles. The van der Waals surface area contributed by atoms with Crippen LogP contribution in [0.25, 0.3) is 11.3 Å². The third kappa shape index (κ3) is 4.07. The summed E-state index contributed by atoms with van der Waals surface area (Å²) in [5, 5.41) is 2.20. The average molecular weight is 436 g/mol. The van der Waals surface area contributed by atoms with Crippen LogP contribution in [0.4, 0.5) is 5.69 Å². The third-order valence-corrected chi connectivity index (χ3v) is 7.90. The maximum Gasteiger partial charge on any atom is 0.244 e. The Morgan fingerprint density at radius 2 is 1.79 bits per heavy atom. The van der Waals surface area contributed by atoms with Gasteiger partial charge in [-0.3, -0.25) is 0 Å². The van der Waals surface area contributed by atoms with E-state index in [1.807, 2.05) is 67.2 Å². The first-order valence-electron chi connectivity index (χ1n) is 8.92. The molecule has 0 spiro atoms. The fraction of sp³-hybridized carbons (Fsp3) is 0.250. The van der Waals surface area contributed by atoms with Crippen molar-refractivity contribution in [2.75, 3.05) is 13.1 Å². The van der Waals surface area contributed by atoms with E-state index in [2.05, 4.69) is 4.99 Å². The van der Waals surface area contributed by atoms with E-state index in [-0.39, 0.29) is 9.92 Å². The number of rotatable bonds is 6. The lowest BCUT2D eigenvalue weighted by Gasteiger charge is -2.19. The van der Waals surface area contributed by atoms with E-state index in [9.17, 15) is 8.42 Å². The molecular formula is C20H22ClN3O2S2. The molecule has 1 aromatic heterocycles. The Balaban J connectivity index is 2.09. The van der Waals surface area contributed by atoms with Crippen LogP contribution >= 0.6 is 22.9 Å². The van der Waals surface area contributed by atoms with Gasteiger partial charge < -0.3 is 4.57 Å². The zero-order valence-electron chi connectivity index (χ0n) is 16.0. The van der Waals surface area contributed by atoms with E-state index >= 15 is 0 Å². The second-order valence-electron chi connectivity index (χ2n) is 6.14. The Morgan fingerprint density at radius 3 is 2.43 bits per heavy atom. The molecule has 0 saturated carbocycles. The van der Waals surface area contributed by atoms with Gasteiger partial charge in [0, 0.05) is 31.1 Å². The fourth-order valence-corrected chi connectivity index (χ4v) is 5.79. The van der Waals surface area contributed by atoms with Crippen LogP contribution in [-0.2, 0) is 17.1 Å². The minimum Gasteiger partial charge on any atom is -0.320 e. The van der Waals surface area contributed by atoms with Gasteiger partial charge in [-0.25, -0.2) is 13.4 Å². The van der Waals surface area contributed by atoms with Crippen molar-refractivity contribution in [2.24, 2.45) is 12.0 Å². The van der Waals surface area contributed by atoms with E-state index < -0.39 is 10.0 Å². The van der Waals surface area contributed by atoms with Gasteiger partial charge in [0.25, 0.3) is 0 Å². The Morgan fingerprint density at radius 1 is 1.11 bits per heavy atom. The first-order valence-corrected chi connectivity index (χ1v) is 11.6. The van der Waals surface area contributed by atoms with Gasteiger partial charge in [0.05, 0.1) is 16.4 Å². The van der Waals surface area contributed by atoms with Gasteiger partial charge in [-0.2, -0.15) is 4.31 Å². The molecule has 8 heteroatoms. The van der Waals surface area contributed by atoms with E-state index in [4.69, 9.17) is 11.6 Å². The van der Waals surface area contributed by atoms with Crippen molar-refractivity contribution in [3.63, 3.8) is 0 Å². The van der Waals surface area contributed by atoms with Gasteiger partial charge in [-0.15, -0.1) is 11.3 Å². The molecule has 0 atom stereocenters. The van der Waals surface area contributed by atoms with Crippen LogP contribution in [0.2, 0.25) is 5.02 Å². The summed E-state index contributed by atoms with van der Waals surface area (Å²) in [7, 11) is -1.73. The first kappa shape index (κ1) is 20.8. The zero-order chi connectivity index (χ0) is 20.3. The Bertz CT molecular complexity index is 1130. The summed E-state index contributed by atoms with van der Waals surface area (Å²) in [6.07, 6.45) is 0. The van der Waals surface area contributed by atoms with E-state index in [0.29, 0.717) is 13.1 Å². The quantitative estimate of drug-likeness (QED) is 0.564. The molecule has 5 nitrogen and oxygen atoms in total. The van der Waals surface area contributed by atoms with Crippen molar-refractivity contribution in [3.05, 3.63) is 63.7 Å². The monoisotopic (exact) mass is 435 g/mol. The van der Waals surface area contributed by atoms with Crippen LogP contribution < -0.4 is 4.80 Å². The molecular weight excluding hydrogens is 414 g/mol. The molecule has 0 fully saturated rings. The van der Waals surface area contributed by atoms with E-state index in [1.54, 1.807) is 12.1 Å². The fourth-order valence-electron chi connectivity index (χ4n) is 2.91. The predicted octanol–water partition coefficient (Wildman–Crippen LogP) is 4.67. The number of aromatic nitrogens is 1. The van der Waals surface area contributed by atoms with Gasteiger partial charge in [-0.1, -0.05) is 49.7 Å². The minimum absolute atomic E-state index is 0.128. The van der Waals surface area contributed by atoms with Gasteiger partial charge in [0.1, 0.15) is 4.90 Å². The first-order chi connectivity index (χ1) is 13.4. The summed E-state index contributed by atoms with van der Waals surface area (Å²) < 4.78 is 29.3. The summed E-state index contributed by atoms with van der Waals surface area (Å²) in [6, 6.07) is 14.8. The average Bonchev–Trinajstić information content (AvgIpc) is 3.04. The standard InChI is InChI=1S/C20H22ClN3O2S2/c1-4-24(5-2)28(25,26)19-13-15(11-12-17(19)21)18-14-27-20(23(18)3)22-16-9-7-6-8-10-16/h6-14H,4-5H2,1-3H3/b22-20+. The number of nitrogens with zero attached hydrogens (tertiary/aromatic N) is 3. The second kappa shape index (κ2) is 8.61. The normalized spacial score (nSPS) is 12.7. The summed E-state index contributed by atoms with van der Waals surface area (Å²) in [5.74, 6) is 0. The van der Waals surface area contributed by atoms with Crippen LogP contribution in [0.5, 0.6) is 0 Å². The van der Waals surface area contributed by atoms with Crippen molar-refractivity contribution in [3.8, 4) is 11.3 Å². The molecule has 2 aromatic carbocycles. The van der Waals surface area contributed by atoms with Gasteiger partial charge in [0.15, 0.2) is 4.80 Å². The topological polar surface area (TPSA) is 54.7 Å². The molecule has 0 radical (unpaired) electrons. The molecule has 0 aliphatic rings. The van der Waals surface area contributed by atoms with E-state index in [0.717, 1.165) is 21.7 Å². The number of sulfonamides is 1. The largest absolute Gasteiger partial charge is 0.320 e. The highest BCUT2D eigenvalue weighted by Gasteiger charge is 2.25. The van der Waals surface area contributed by atoms with Crippen LogP contribution in [0.3, 0.4) is 0 Å². The molecule has 0 amide bonds. The van der Waals surface area contributed by atoms with Crippen molar-refractivity contribution in [2.45, 2.75) is 18.7 Å². The smallest absolute Gasteiger partial charge is 0.244 e. The maximum atomic E-state index is 12.9. The number of benzene rings is 2. The summed E-state index contributed by atoms with van der Waals surface area (Å²) in [5.41, 5.74) is 2.53. The molecule has 3 rings (SSSR count). The van der Waals surface area contributed by atoms with Crippen molar-refractivity contribution < 1.29 is 8.42 Å². The van der Waals surface area contributed by atoms with Crippen LogP contribution in [-0.4, -0.2) is 30.4 Å². The van der Waals surface area contributed by atoms with Gasteiger partial charge in [0.2, 0.25) is 10.0 Å². The summed E-state index contributed by atoms with van der Waals surface area (Å²) in [4.78, 5) is 5.61. The molecule has 0 bridgehead atoms. The van der Waals surface area contributed by atoms with Crippen LogP contribution in [0.1, 0.15) is 13.8 Å². The number of hydrogen-bond acceptors (Lipinski definition) is 4. The van der Waals surface area contributed by atoms with Gasteiger partial charge in [-0.05, 0) is 24.3 Å². The third-order valence-electron chi connectivity index (χ3n) is 4.46.